The van der Waals surface area contributed by atoms with Crippen LogP contribution in [0.1, 0.15) is 18.2 Å². The number of H-pyrrole nitrogens is 1. The molecule has 2 aromatic carbocycles. The van der Waals surface area contributed by atoms with Crippen LogP contribution in [0, 0.1) is 0 Å². The number of aliphatic hydroxyl groups excluding tert-OH is 1. The number of nitrogens with one attached hydrogen (secondary N) is 1. The molecule has 0 saturated carbocycles. The second kappa shape index (κ2) is 8.65. The molecule has 144 valence electrons. The number of nitrogens with zero attached hydrogens (tertiary/aromatic N) is 1. The number of aromatic nitrogens is 1. The molecule has 0 aliphatic rings. The fourth-order valence-electron chi connectivity index (χ4n) is 3.29. The molecule has 0 fully saturated rings. The van der Waals surface area contributed by atoms with E-state index in [2.05, 4.69) is 9.88 Å². The lowest BCUT2D eigenvalue weighted by Crippen LogP contribution is -2.30. The number of ether oxygens (including phenoxy) is 2. The summed E-state index contributed by atoms with van der Waals surface area (Å²) in [6, 6.07) is 13.8. The molecule has 27 heavy (non-hydrogen) atoms. The molecule has 0 saturated heterocycles. The summed E-state index contributed by atoms with van der Waals surface area (Å²) < 4.78 is 10.7. The highest BCUT2D eigenvalue weighted by atomic mass is 35.5. The molecule has 3 aromatic rings. The molecular weight excluding hydrogens is 364 g/mol. The highest BCUT2D eigenvalue weighted by Gasteiger charge is 2.16. The fraction of sp³-hybridized carbons (Fsp3) is 0.333. The predicted molar refractivity (Wildman–Crippen MR) is 109 cm³/mol. The summed E-state index contributed by atoms with van der Waals surface area (Å²) in [5.41, 5.74) is 3.03. The summed E-state index contributed by atoms with van der Waals surface area (Å²) in [6.45, 7) is 3.57. The average molecular weight is 389 g/mol. The van der Waals surface area contributed by atoms with Crippen molar-refractivity contribution in [2.24, 2.45) is 0 Å². The highest BCUT2D eigenvalue weighted by Crippen LogP contribution is 2.30. The van der Waals surface area contributed by atoms with Crippen LogP contribution >= 0.6 is 11.6 Å². The van der Waals surface area contributed by atoms with E-state index in [0.717, 1.165) is 27.2 Å². The quantitative estimate of drug-likeness (QED) is 0.606. The maximum Gasteiger partial charge on any atom is 0.161 e. The van der Waals surface area contributed by atoms with Crippen LogP contribution in [0.2, 0.25) is 5.02 Å². The largest absolute Gasteiger partial charge is 0.493 e. The van der Waals surface area contributed by atoms with Crippen LogP contribution in [0.25, 0.3) is 10.9 Å². The van der Waals surface area contributed by atoms with Gasteiger partial charge in [-0.25, -0.2) is 0 Å². The van der Waals surface area contributed by atoms with E-state index in [0.29, 0.717) is 31.1 Å². The van der Waals surface area contributed by atoms with Gasteiger partial charge in [-0.05, 0) is 30.7 Å². The summed E-state index contributed by atoms with van der Waals surface area (Å²) in [5.74, 6) is 1.39. The van der Waals surface area contributed by atoms with Crippen LogP contribution < -0.4 is 9.47 Å². The summed E-state index contributed by atoms with van der Waals surface area (Å²) in [6.07, 6.45) is -0.451. The van der Waals surface area contributed by atoms with Crippen LogP contribution in [0.5, 0.6) is 11.5 Å². The van der Waals surface area contributed by atoms with Crippen molar-refractivity contribution in [3.8, 4) is 11.5 Å². The van der Waals surface area contributed by atoms with E-state index in [9.17, 15) is 5.11 Å². The molecule has 6 heteroatoms. The Bertz CT molecular complexity index is 908. The molecule has 0 aliphatic carbocycles. The Hall–Kier alpha value is -2.21. The van der Waals surface area contributed by atoms with Crippen molar-refractivity contribution in [3.63, 3.8) is 0 Å². The summed E-state index contributed by atoms with van der Waals surface area (Å²) in [5, 5.41) is 11.7. The van der Waals surface area contributed by atoms with Crippen molar-refractivity contribution in [1.82, 2.24) is 9.88 Å². The molecule has 0 aliphatic heterocycles. The van der Waals surface area contributed by atoms with Crippen LogP contribution in [-0.2, 0) is 13.1 Å². The number of aromatic amines is 1. The Kier molecular flexibility index (Phi) is 6.26. The van der Waals surface area contributed by atoms with Crippen molar-refractivity contribution in [1.29, 1.82) is 0 Å². The lowest BCUT2D eigenvalue weighted by atomic mass is 10.1. The Morgan fingerprint density at radius 1 is 1.07 bits per heavy atom. The number of fused-ring (bicyclic) bond motifs is 1. The van der Waals surface area contributed by atoms with E-state index >= 15 is 0 Å². The molecule has 2 N–H and O–H groups in total. The minimum absolute atomic E-state index is 0.451. The Balaban J connectivity index is 1.84. The predicted octanol–water partition coefficient (Wildman–Crippen LogP) is 4.22. The summed E-state index contributed by atoms with van der Waals surface area (Å²) >= 11 is 6.57. The van der Waals surface area contributed by atoms with Crippen molar-refractivity contribution in [2.45, 2.75) is 26.1 Å². The Morgan fingerprint density at radius 3 is 2.48 bits per heavy atom. The Morgan fingerprint density at radius 2 is 1.81 bits per heavy atom. The van der Waals surface area contributed by atoms with Gasteiger partial charge in [0, 0.05) is 36.2 Å². The van der Waals surface area contributed by atoms with Gasteiger partial charge in [0.15, 0.2) is 11.5 Å². The van der Waals surface area contributed by atoms with Crippen molar-refractivity contribution in [3.05, 3.63) is 58.7 Å². The fourth-order valence-corrected chi connectivity index (χ4v) is 3.56. The van der Waals surface area contributed by atoms with Crippen LogP contribution in [0.3, 0.4) is 0 Å². The number of methoxy groups -OCH3 is 2. The normalized spacial score (nSPS) is 12.5. The van der Waals surface area contributed by atoms with Crippen LogP contribution in [0.4, 0.5) is 0 Å². The van der Waals surface area contributed by atoms with Gasteiger partial charge < -0.3 is 19.6 Å². The molecule has 3 rings (SSSR count). The van der Waals surface area contributed by atoms with Crippen LogP contribution in [-0.4, -0.2) is 41.9 Å². The molecule has 0 bridgehead atoms. The standard InChI is InChI=1S/C21H25ClN2O3/c1-14(25)11-24(12-15-8-9-19(26-2)20(10-15)27-3)13-18-21(22)16-6-4-5-7-17(16)23-18/h4-10,14,23,25H,11-13H2,1-3H3/t14-/m0/s1. The number of aliphatic hydroxyl groups is 1. The number of halogens is 1. The van der Waals surface area contributed by atoms with E-state index in [1.165, 1.54) is 0 Å². The molecule has 0 amide bonds. The van der Waals surface area contributed by atoms with E-state index < -0.39 is 6.10 Å². The van der Waals surface area contributed by atoms with E-state index in [1.807, 2.05) is 42.5 Å². The lowest BCUT2D eigenvalue weighted by molar-refractivity contribution is 0.117. The molecule has 0 radical (unpaired) electrons. The number of hydrogen-bond acceptors (Lipinski definition) is 4. The van der Waals surface area contributed by atoms with Crippen molar-refractivity contribution >= 4 is 22.5 Å². The second-order valence-corrected chi connectivity index (χ2v) is 7.05. The van der Waals surface area contributed by atoms with Gasteiger partial charge in [-0.15, -0.1) is 0 Å². The third-order valence-electron chi connectivity index (χ3n) is 4.47. The van der Waals surface area contributed by atoms with Gasteiger partial charge in [0.2, 0.25) is 0 Å². The highest BCUT2D eigenvalue weighted by molar-refractivity contribution is 6.36. The molecular formula is C21H25ClN2O3. The van der Waals surface area contributed by atoms with Crippen molar-refractivity contribution < 1.29 is 14.6 Å². The maximum atomic E-state index is 9.94. The van der Waals surface area contributed by atoms with Gasteiger partial charge in [0.25, 0.3) is 0 Å². The number of benzene rings is 2. The number of hydrogen-bond donors (Lipinski definition) is 2. The zero-order valence-corrected chi connectivity index (χ0v) is 16.6. The zero-order valence-electron chi connectivity index (χ0n) is 15.8. The first-order valence-corrected chi connectivity index (χ1v) is 9.26. The summed E-state index contributed by atoms with van der Waals surface area (Å²) in [4.78, 5) is 5.55. The first kappa shape index (κ1) is 19.5. The van der Waals surface area contributed by atoms with Gasteiger partial charge in [0.05, 0.1) is 25.3 Å². The molecule has 1 heterocycles. The second-order valence-electron chi connectivity index (χ2n) is 6.67. The van der Waals surface area contributed by atoms with Gasteiger partial charge in [-0.2, -0.15) is 0 Å². The third-order valence-corrected chi connectivity index (χ3v) is 4.90. The first-order valence-electron chi connectivity index (χ1n) is 8.88. The molecule has 1 atom stereocenters. The topological polar surface area (TPSA) is 57.7 Å². The Labute approximate surface area is 164 Å². The van der Waals surface area contributed by atoms with Gasteiger partial charge >= 0.3 is 0 Å². The third kappa shape index (κ3) is 4.56. The van der Waals surface area contributed by atoms with Crippen molar-refractivity contribution in [2.75, 3.05) is 20.8 Å². The van der Waals surface area contributed by atoms with E-state index in [1.54, 1.807) is 21.1 Å². The minimum atomic E-state index is -0.451. The zero-order chi connectivity index (χ0) is 19.4. The van der Waals surface area contributed by atoms with E-state index in [4.69, 9.17) is 21.1 Å². The molecule has 0 spiro atoms. The van der Waals surface area contributed by atoms with Crippen LogP contribution in [0.15, 0.2) is 42.5 Å². The molecule has 1 aromatic heterocycles. The van der Waals surface area contributed by atoms with E-state index in [-0.39, 0.29) is 0 Å². The first-order chi connectivity index (χ1) is 13.0. The number of rotatable bonds is 8. The van der Waals surface area contributed by atoms with Gasteiger partial charge in [-0.3, -0.25) is 4.90 Å². The SMILES string of the molecule is COc1ccc(CN(Cc2[nH]c3ccccc3c2Cl)C[C@H](C)O)cc1OC. The van der Waals surface area contributed by atoms with Gasteiger partial charge in [0.1, 0.15) is 0 Å². The lowest BCUT2D eigenvalue weighted by Gasteiger charge is -2.24. The monoisotopic (exact) mass is 388 g/mol. The minimum Gasteiger partial charge on any atom is -0.493 e. The molecule has 0 unspecified atom stereocenters. The number of para-hydroxylation sites is 1. The average Bonchev–Trinajstić information content (AvgIpc) is 2.97. The smallest absolute Gasteiger partial charge is 0.161 e. The van der Waals surface area contributed by atoms with Gasteiger partial charge in [-0.1, -0.05) is 35.9 Å². The summed E-state index contributed by atoms with van der Waals surface area (Å²) in [7, 11) is 3.24. The maximum absolute atomic E-state index is 9.94. The molecule has 5 nitrogen and oxygen atoms in total.